The molecule has 1 aliphatic heterocycles. The Morgan fingerprint density at radius 1 is 1.56 bits per heavy atom. The Bertz CT molecular complexity index is 434. The lowest BCUT2D eigenvalue weighted by Gasteiger charge is -2.26. The molecule has 1 fully saturated rings. The number of hydrogen-bond donors (Lipinski definition) is 1. The summed E-state index contributed by atoms with van der Waals surface area (Å²) in [6.07, 6.45) is 2.90. The van der Waals surface area contributed by atoms with E-state index in [-0.39, 0.29) is 11.9 Å². The maximum Gasteiger partial charge on any atom is 0.239 e. The van der Waals surface area contributed by atoms with Gasteiger partial charge in [-0.2, -0.15) is 0 Å². The Labute approximate surface area is 113 Å². The van der Waals surface area contributed by atoms with Crippen molar-refractivity contribution in [3.8, 4) is 0 Å². The van der Waals surface area contributed by atoms with Crippen molar-refractivity contribution >= 4 is 17.5 Å². The quantitative estimate of drug-likeness (QED) is 0.912. The third-order valence-electron chi connectivity index (χ3n) is 3.46. The first-order valence-electron chi connectivity index (χ1n) is 6.39. The lowest BCUT2D eigenvalue weighted by atomic mass is 10.0. The highest BCUT2D eigenvalue weighted by Crippen LogP contribution is 2.25. The molecular weight excluding hydrogens is 248 g/mol. The minimum atomic E-state index is -0.420. The molecule has 1 aromatic rings. The van der Waals surface area contributed by atoms with Gasteiger partial charge in [-0.05, 0) is 37.8 Å². The predicted molar refractivity (Wildman–Crippen MR) is 73.5 cm³/mol. The van der Waals surface area contributed by atoms with Crippen LogP contribution in [-0.4, -0.2) is 29.4 Å². The molecule has 0 saturated carbocycles. The van der Waals surface area contributed by atoms with E-state index in [0.717, 1.165) is 36.4 Å². The van der Waals surface area contributed by atoms with Gasteiger partial charge in [0.15, 0.2) is 0 Å². The summed E-state index contributed by atoms with van der Waals surface area (Å²) < 4.78 is 0. The van der Waals surface area contributed by atoms with Crippen molar-refractivity contribution in [1.29, 1.82) is 0 Å². The topological polar surface area (TPSA) is 46.3 Å². The summed E-state index contributed by atoms with van der Waals surface area (Å²) in [5, 5.41) is 0.776. The first-order valence-corrected chi connectivity index (χ1v) is 6.77. The molecule has 0 aliphatic carbocycles. The second-order valence-corrected chi connectivity index (χ2v) is 5.32. The van der Waals surface area contributed by atoms with E-state index in [4.69, 9.17) is 17.3 Å². The molecule has 1 unspecified atom stereocenters. The Morgan fingerprint density at radius 3 is 2.94 bits per heavy atom. The monoisotopic (exact) mass is 266 g/mol. The van der Waals surface area contributed by atoms with Gasteiger partial charge >= 0.3 is 0 Å². The molecule has 98 valence electrons. The number of halogens is 1. The molecule has 0 aromatic heterocycles. The highest BCUT2D eigenvalue weighted by atomic mass is 35.5. The average Bonchev–Trinajstić information content (AvgIpc) is 2.79. The van der Waals surface area contributed by atoms with Crippen LogP contribution in [0.5, 0.6) is 0 Å². The number of carbonyl (C=O) groups excluding carboxylic acids is 1. The van der Waals surface area contributed by atoms with Crippen LogP contribution < -0.4 is 5.73 Å². The van der Waals surface area contributed by atoms with Crippen LogP contribution in [0, 0.1) is 0 Å². The average molecular weight is 267 g/mol. The summed E-state index contributed by atoms with van der Waals surface area (Å²) in [7, 11) is 0. The van der Waals surface area contributed by atoms with Gasteiger partial charge in [0, 0.05) is 17.6 Å². The van der Waals surface area contributed by atoms with Gasteiger partial charge in [0.2, 0.25) is 5.91 Å². The fourth-order valence-electron chi connectivity index (χ4n) is 2.52. The van der Waals surface area contributed by atoms with Crippen LogP contribution in [0.1, 0.15) is 25.3 Å². The molecule has 1 amide bonds. The molecule has 1 aromatic carbocycles. The molecule has 1 saturated heterocycles. The van der Waals surface area contributed by atoms with Crippen molar-refractivity contribution in [2.75, 3.05) is 6.54 Å². The third kappa shape index (κ3) is 2.85. The second kappa shape index (κ2) is 5.72. The molecule has 1 aliphatic rings. The zero-order valence-electron chi connectivity index (χ0n) is 10.6. The minimum absolute atomic E-state index is 0.0459. The van der Waals surface area contributed by atoms with Gasteiger partial charge in [-0.15, -0.1) is 0 Å². The van der Waals surface area contributed by atoms with Gasteiger partial charge in [-0.1, -0.05) is 29.8 Å². The number of amides is 1. The van der Waals surface area contributed by atoms with Gasteiger partial charge < -0.3 is 10.6 Å². The maximum atomic E-state index is 12.0. The van der Waals surface area contributed by atoms with Crippen LogP contribution in [-0.2, 0) is 11.2 Å². The molecule has 2 rings (SSSR count). The lowest BCUT2D eigenvalue weighted by Crippen LogP contribution is -2.45. The zero-order chi connectivity index (χ0) is 13.1. The third-order valence-corrected chi connectivity index (χ3v) is 3.83. The van der Waals surface area contributed by atoms with Crippen molar-refractivity contribution in [2.45, 2.75) is 38.3 Å². The SMILES string of the molecule is C[C@H](N)C(=O)N1CCCC1Cc1ccccc1Cl. The van der Waals surface area contributed by atoms with Crippen molar-refractivity contribution in [3.63, 3.8) is 0 Å². The van der Waals surface area contributed by atoms with Gasteiger partial charge in [-0.25, -0.2) is 0 Å². The van der Waals surface area contributed by atoms with E-state index in [0.29, 0.717) is 0 Å². The zero-order valence-corrected chi connectivity index (χ0v) is 11.4. The van der Waals surface area contributed by atoms with Gasteiger partial charge in [0.05, 0.1) is 6.04 Å². The molecule has 0 bridgehead atoms. The van der Waals surface area contributed by atoms with Crippen molar-refractivity contribution in [3.05, 3.63) is 34.9 Å². The van der Waals surface area contributed by atoms with Crippen molar-refractivity contribution in [1.82, 2.24) is 4.90 Å². The van der Waals surface area contributed by atoms with E-state index in [1.807, 2.05) is 29.2 Å². The lowest BCUT2D eigenvalue weighted by molar-refractivity contribution is -0.132. The number of carbonyl (C=O) groups is 1. The maximum absolute atomic E-state index is 12.0. The van der Waals surface area contributed by atoms with Gasteiger partial charge in [0.25, 0.3) is 0 Å². The molecule has 3 nitrogen and oxygen atoms in total. The number of benzene rings is 1. The minimum Gasteiger partial charge on any atom is -0.338 e. The summed E-state index contributed by atoms with van der Waals surface area (Å²) >= 11 is 6.16. The first-order chi connectivity index (χ1) is 8.59. The number of nitrogens with two attached hydrogens (primary N) is 1. The molecule has 0 spiro atoms. The first kappa shape index (κ1) is 13.4. The normalized spacial score (nSPS) is 21.1. The number of likely N-dealkylation sites (tertiary alicyclic amines) is 1. The smallest absolute Gasteiger partial charge is 0.239 e. The molecule has 2 N–H and O–H groups in total. The Hall–Kier alpha value is -1.06. The second-order valence-electron chi connectivity index (χ2n) is 4.91. The fourth-order valence-corrected chi connectivity index (χ4v) is 2.73. The fraction of sp³-hybridized carbons (Fsp3) is 0.500. The predicted octanol–water partition coefficient (Wildman–Crippen LogP) is 2.22. The summed E-state index contributed by atoms with van der Waals surface area (Å²) in [5.41, 5.74) is 6.79. The summed E-state index contributed by atoms with van der Waals surface area (Å²) in [5.74, 6) is 0.0459. The van der Waals surface area contributed by atoms with E-state index < -0.39 is 6.04 Å². The van der Waals surface area contributed by atoms with Crippen molar-refractivity contribution < 1.29 is 4.79 Å². The van der Waals surface area contributed by atoms with E-state index in [2.05, 4.69) is 0 Å². The van der Waals surface area contributed by atoms with E-state index >= 15 is 0 Å². The van der Waals surface area contributed by atoms with E-state index in [1.54, 1.807) is 6.92 Å². The summed E-state index contributed by atoms with van der Waals surface area (Å²) in [4.78, 5) is 13.9. The van der Waals surface area contributed by atoms with E-state index in [1.165, 1.54) is 0 Å². The van der Waals surface area contributed by atoms with E-state index in [9.17, 15) is 4.79 Å². The Balaban J connectivity index is 2.09. The van der Waals surface area contributed by atoms with Crippen LogP contribution in [0.4, 0.5) is 0 Å². The van der Waals surface area contributed by atoms with Crippen LogP contribution in [0.15, 0.2) is 24.3 Å². The number of hydrogen-bond acceptors (Lipinski definition) is 2. The largest absolute Gasteiger partial charge is 0.338 e. The van der Waals surface area contributed by atoms with Crippen LogP contribution in [0.25, 0.3) is 0 Å². The molecule has 2 atom stereocenters. The Morgan fingerprint density at radius 2 is 2.28 bits per heavy atom. The standard InChI is InChI=1S/C14H19ClN2O/c1-10(16)14(18)17-8-4-6-12(17)9-11-5-2-3-7-13(11)15/h2-3,5,7,10,12H,4,6,8-9,16H2,1H3/t10-,12?/m0/s1. The molecular formula is C14H19ClN2O. The molecule has 0 radical (unpaired) electrons. The highest BCUT2D eigenvalue weighted by molar-refractivity contribution is 6.31. The van der Waals surface area contributed by atoms with Crippen LogP contribution in [0.3, 0.4) is 0 Å². The Kier molecular flexibility index (Phi) is 4.25. The van der Waals surface area contributed by atoms with Gasteiger partial charge in [-0.3, -0.25) is 4.79 Å². The number of rotatable bonds is 3. The van der Waals surface area contributed by atoms with Crippen LogP contribution >= 0.6 is 11.6 Å². The van der Waals surface area contributed by atoms with Crippen LogP contribution in [0.2, 0.25) is 5.02 Å². The molecule has 4 heteroatoms. The number of nitrogens with zero attached hydrogens (tertiary/aromatic N) is 1. The van der Waals surface area contributed by atoms with Gasteiger partial charge in [0.1, 0.15) is 0 Å². The highest BCUT2D eigenvalue weighted by Gasteiger charge is 2.30. The molecule has 1 heterocycles. The summed E-state index contributed by atoms with van der Waals surface area (Å²) in [6, 6.07) is 7.64. The van der Waals surface area contributed by atoms with Crippen molar-refractivity contribution in [2.24, 2.45) is 5.73 Å². The molecule has 18 heavy (non-hydrogen) atoms. The summed E-state index contributed by atoms with van der Waals surface area (Å²) in [6.45, 7) is 2.56.